The topological polar surface area (TPSA) is 56.8 Å². The number of hydrogen-bond acceptors (Lipinski definition) is 4. The van der Waals surface area contributed by atoms with Crippen LogP contribution in [0.1, 0.15) is 50.3 Å². The molecule has 3 aliphatic rings. The van der Waals surface area contributed by atoms with Crippen LogP contribution in [0.15, 0.2) is 36.4 Å². The number of halogens is 3. The molecule has 0 aromatic heterocycles. The average Bonchev–Trinajstić information content (AvgIpc) is 3.37. The van der Waals surface area contributed by atoms with Crippen LogP contribution in [0, 0.1) is 5.82 Å². The van der Waals surface area contributed by atoms with Crippen molar-refractivity contribution in [2.45, 2.75) is 56.5 Å². The summed E-state index contributed by atoms with van der Waals surface area (Å²) in [5.41, 5.74) is -0.0745. The fraction of sp³-hybridized carbons (Fsp3) is 0.409. The molecule has 1 N–H and O–H groups in total. The smallest absolute Gasteiger partial charge is 0.487 e. The van der Waals surface area contributed by atoms with Gasteiger partial charge in [-0.05, 0) is 50.5 Å². The lowest BCUT2D eigenvalue weighted by atomic mass is 9.88. The van der Waals surface area contributed by atoms with Crippen molar-refractivity contribution in [3.63, 3.8) is 0 Å². The van der Waals surface area contributed by atoms with Gasteiger partial charge < -0.3 is 19.5 Å². The highest BCUT2D eigenvalue weighted by atomic mass is 19.3. The summed E-state index contributed by atoms with van der Waals surface area (Å²) in [6, 6.07) is 8.38. The van der Waals surface area contributed by atoms with Gasteiger partial charge >= 0.3 is 6.29 Å². The van der Waals surface area contributed by atoms with E-state index in [9.17, 15) is 18.0 Å². The van der Waals surface area contributed by atoms with Crippen molar-refractivity contribution in [1.82, 2.24) is 5.32 Å². The predicted molar refractivity (Wildman–Crippen MR) is 100 cm³/mol. The number of rotatable bonds is 3. The van der Waals surface area contributed by atoms with E-state index in [0.29, 0.717) is 36.1 Å². The summed E-state index contributed by atoms with van der Waals surface area (Å²) in [4.78, 5) is 13.3. The molecule has 1 amide bonds. The Morgan fingerprint density at radius 2 is 1.73 bits per heavy atom. The Hall–Kier alpha value is -2.90. The molecule has 158 valence electrons. The average molecular weight is 419 g/mol. The highest BCUT2D eigenvalue weighted by Gasteiger charge is 2.53. The minimum absolute atomic E-state index is 0.0536. The molecule has 0 unspecified atom stereocenters. The van der Waals surface area contributed by atoms with Crippen molar-refractivity contribution >= 4 is 5.91 Å². The molecule has 0 saturated heterocycles. The van der Waals surface area contributed by atoms with Crippen LogP contribution >= 0.6 is 0 Å². The molecular formula is C22H20F3NO4. The standard InChI is InChI=1S/C22H20F3NO4/c1-20(2)11-15(14-5-4-13(23)10-17(14)28-20)26-19(27)21(7-8-21)12-3-6-16-18(9-12)30-22(24,25)29-16/h3-6,9-10,15H,7-8,11H2,1-2H3,(H,26,27)/t15-/m1/s1. The highest BCUT2D eigenvalue weighted by molar-refractivity contribution is 5.92. The number of ether oxygens (including phenoxy) is 3. The lowest BCUT2D eigenvalue weighted by Gasteiger charge is -2.38. The van der Waals surface area contributed by atoms with E-state index >= 15 is 0 Å². The van der Waals surface area contributed by atoms with Crippen molar-refractivity contribution in [3.8, 4) is 17.2 Å². The molecular weight excluding hydrogens is 399 g/mol. The summed E-state index contributed by atoms with van der Waals surface area (Å²) in [5.74, 6) is -0.336. The summed E-state index contributed by atoms with van der Waals surface area (Å²) in [7, 11) is 0. The van der Waals surface area contributed by atoms with Crippen LogP contribution in [-0.4, -0.2) is 17.8 Å². The van der Waals surface area contributed by atoms with Gasteiger partial charge in [0.05, 0.1) is 11.5 Å². The first-order valence-corrected chi connectivity index (χ1v) is 9.77. The Balaban J connectivity index is 1.41. The van der Waals surface area contributed by atoms with Gasteiger partial charge in [0.2, 0.25) is 5.91 Å². The third-order valence-corrected chi connectivity index (χ3v) is 5.88. The third-order valence-electron chi connectivity index (χ3n) is 5.88. The zero-order valence-corrected chi connectivity index (χ0v) is 16.4. The fourth-order valence-corrected chi connectivity index (χ4v) is 4.27. The Kier molecular flexibility index (Phi) is 3.85. The van der Waals surface area contributed by atoms with Crippen LogP contribution in [0.25, 0.3) is 0 Å². The second-order valence-corrected chi connectivity index (χ2v) is 8.69. The molecule has 0 spiro atoms. The van der Waals surface area contributed by atoms with Crippen molar-refractivity contribution in [2.24, 2.45) is 0 Å². The molecule has 0 bridgehead atoms. The molecule has 0 radical (unpaired) electrons. The van der Waals surface area contributed by atoms with Gasteiger partial charge in [-0.3, -0.25) is 4.79 Å². The van der Waals surface area contributed by atoms with Crippen molar-refractivity contribution in [3.05, 3.63) is 53.3 Å². The Labute approximate surface area is 171 Å². The second-order valence-electron chi connectivity index (χ2n) is 8.69. The summed E-state index contributed by atoms with van der Waals surface area (Å²) < 4.78 is 55.2. The van der Waals surface area contributed by atoms with Gasteiger partial charge in [-0.1, -0.05) is 12.1 Å². The van der Waals surface area contributed by atoms with Gasteiger partial charge in [-0.15, -0.1) is 8.78 Å². The highest BCUT2D eigenvalue weighted by Crippen LogP contribution is 2.52. The second kappa shape index (κ2) is 6.06. The van der Waals surface area contributed by atoms with Gasteiger partial charge in [0.15, 0.2) is 11.5 Å². The van der Waals surface area contributed by atoms with E-state index in [1.54, 1.807) is 12.1 Å². The quantitative estimate of drug-likeness (QED) is 0.790. The van der Waals surface area contributed by atoms with Crippen molar-refractivity contribution < 1.29 is 32.2 Å². The molecule has 8 heteroatoms. The maximum Gasteiger partial charge on any atom is 0.586 e. The van der Waals surface area contributed by atoms with Crippen LogP contribution in [0.3, 0.4) is 0 Å². The molecule has 5 nitrogen and oxygen atoms in total. The molecule has 1 aliphatic carbocycles. The largest absolute Gasteiger partial charge is 0.586 e. The molecule has 5 rings (SSSR count). The molecule has 30 heavy (non-hydrogen) atoms. The number of amides is 1. The number of carbonyl (C=O) groups is 1. The van der Waals surface area contributed by atoms with E-state index in [-0.39, 0.29) is 23.4 Å². The number of alkyl halides is 2. The normalized spacial score (nSPS) is 23.8. The van der Waals surface area contributed by atoms with Crippen LogP contribution in [0.5, 0.6) is 17.2 Å². The summed E-state index contributed by atoms with van der Waals surface area (Å²) >= 11 is 0. The number of fused-ring (bicyclic) bond motifs is 2. The first kappa shape index (κ1) is 19.1. The van der Waals surface area contributed by atoms with E-state index in [1.165, 1.54) is 24.3 Å². The van der Waals surface area contributed by atoms with Crippen LogP contribution in [0.4, 0.5) is 13.2 Å². The van der Waals surface area contributed by atoms with Crippen LogP contribution < -0.4 is 19.5 Å². The molecule has 2 heterocycles. The van der Waals surface area contributed by atoms with Crippen molar-refractivity contribution in [2.75, 3.05) is 0 Å². The minimum atomic E-state index is -3.70. The maximum atomic E-state index is 13.7. The minimum Gasteiger partial charge on any atom is -0.487 e. The summed E-state index contributed by atoms with van der Waals surface area (Å²) in [5, 5.41) is 3.07. The van der Waals surface area contributed by atoms with E-state index in [1.807, 2.05) is 13.8 Å². The SMILES string of the molecule is CC1(C)C[C@@H](NC(=O)C2(c3ccc4c(c3)OC(F)(F)O4)CC2)c2ccc(F)cc2O1. The lowest BCUT2D eigenvalue weighted by Crippen LogP contribution is -2.44. The number of benzene rings is 2. The Bertz CT molecular complexity index is 1050. The predicted octanol–water partition coefficient (Wildman–Crippen LogP) is 4.60. The van der Waals surface area contributed by atoms with Gasteiger partial charge in [0.1, 0.15) is 17.2 Å². The number of carbonyl (C=O) groups excluding carboxylic acids is 1. The van der Waals surface area contributed by atoms with Crippen LogP contribution in [-0.2, 0) is 10.2 Å². The summed E-state index contributed by atoms with van der Waals surface area (Å²) in [6.45, 7) is 3.76. The van der Waals surface area contributed by atoms with Gasteiger partial charge in [-0.2, -0.15) is 0 Å². The zero-order chi connectivity index (χ0) is 21.3. The molecule has 2 aliphatic heterocycles. The van der Waals surface area contributed by atoms with Gasteiger partial charge in [-0.25, -0.2) is 4.39 Å². The van der Waals surface area contributed by atoms with E-state index < -0.39 is 23.1 Å². The van der Waals surface area contributed by atoms with Crippen LogP contribution in [0.2, 0.25) is 0 Å². The Morgan fingerprint density at radius 1 is 1.00 bits per heavy atom. The van der Waals surface area contributed by atoms with Gasteiger partial charge in [0, 0.05) is 18.1 Å². The fourth-order valence-electron chi connectivity index (χ4n) is 4.27. The molecule has 1 saturated carbocycles. The third kappa shape index (κ3) is 3.14. The monoisotopic (exact) mass is 419 g/mol. The van der Waals surface area contributed by atoms with Crippen molar-refractivity contribution in [1.29, 1.82) is 0 Å². The first-order chi connectivity index (χ1) is 14.1. The molecule has 2 aromatic carbocycles. The van der Waals surface area contributed by atoms with E-state index in [0.717, 1.165) is 0 Å². The number of hydrogen-bond donors (Lipinski definition) is 1. The molecule has 1 fully saturated rings. The van der Waals surface area contributed by atoms with E-state index in [2.05, 4.69) is 14.8 Å². The summed E-state index contributed by atoms with van der Waals surface area (Å²) in [6.07, 6.45) is -2.00. The zero-order valence-electron chi connectivity index (χ0n) is 16.4. The lowest BCUT2D eigenvalue weighted by molar-refractivity contribution is -0.286. The Morgan fingerprint density at radius 3 is 2.47 bits per heavy atom. The maximum absolute atomic E-state index is 13.7. The first-order valence-electron chi connectivity index (χ1n) is 9.77. The molecule has 2 aromatic rings. The molecule has 1 atom stereocenters. The van der Waals surface area contributed by atoms with E-state index in [4.69, 9.17) is 4.74 Å². The van der Waals surface area contributed by atoms with Gasteiger partial charge in [0.25, 0.3) is 0 Å². The number of nitrogens with one attached hydrogen (secondary N) is 1.